The van der Waals surface area contributed by atoms with Crippen molar-refractivity contribution >= 4 is 38.6 Å². The lowest BCUT2D eigenvalue weighted by atomic mass is 10.1. The lowest BCUT2D eigenvalue weighted by molar-refractivity contribution is -0.138. The van der Waals surface area contributed by atoms with E-state index in [9.17, 15) is 18.3 Å². The third kappa shape index (κ3) is 3.94. The largest absolute Gasteiger partial charge is 0.507 e. The van der Waals surface area contributed by atoms with Gasteiger partial charge in [-0.05, 0) is 19.1 Å². The summed E-state index contributed by atoms with van der Waals surface area (Å²) in [5.74, 6) is -0.869. The molecular formula is C12H9BrF3N3OS. The van der Waals surface area contributed by atoms with E-state index in [1.807, 2.05) is 0 Å². The number of nitrogens with zero attached hydrogens (tertiary/aromatic N) is 2. The van der Waals surface area contributed by atoms with Gasteiger partial charge in [0.1, 0.15) is 5.75 Å². The zero-order valence-corrected chi connectivity index (χ0v) is 13.0. The number of rotatable bonds is 3. The van der Waals surface area contributed by atoms with Gasteiger partial charge in [0.15, 0.2) is 0 Å². The Bertz CT molecular complexity index is 685. The van der Waals surface area contributed by atoms with Crippen LogP contribution in [0.2, 0.25) is 0 Å². The van der Waals surface area contributed by atoms with Gasteiger partial charge >= 0.3 is 6.18 Å². The van der Waals surface area contributed by atoms with E-state index < -0.39 is 17.5 Å². The fourth-order valence-corrected chi connectivity index (χ4v) is 2.61. The van der Waals surface area contributed by atoms with E-state index in [1.165, 1.54) is 17.4 Å². The van der Waals surface area contributed by atoms with Crippen molar-refractivity contribution in [3.05, 3.63) is 38.8 Å². The van der Waals surface area contributed by atoms with Crippen molar-refractivity contribution in [2.45, 2.75) is 13.1 Å². The predicted octanol–water partition coefficient (Wildman–Crippen LogP) is 4.38. The second-order valence-corrected chi connectivity index (χ2v) is 5.83. The summed E-state index contributed by atoms with van der Waals surface area (Å²) in [4.78, 5) is 4.08. The molecule has 1 aromatic carbocycles. The van der Waals surface area contributed by atoms with E-state index >= 15 is 0 Å². The Morgan fingerprint density at radius 2 is 2.14 bits per heavy atom. The van der Waals surface area contributed by atoms with Gasteiger partial charge in [0, 0.05) is 15.4 Å². The second kappa shape index (κ2) is 6.02. The summed E-state index contributed by atoms with van der Waals surface area (Å²) >= 11 is 4.29. The molecule has 0 spiro atoms. The summed E-state index contributed by atoms with van der Waals surface area (Å²) in [5, 5.41) is 15.8. The van der Waals surface area contributed by atoms with Crippen LogP contribution in [-0.2, 0) is 6.18 Å². The van der Waals surface area contributed by atoms with Gasteiger partial charge in [-0.3, -0.25) is 5.43 Å². The first-order chi connectivity index (χ1) is 9.77. The monoisotopic (exact) mass is 379 g/mol. The van der Waals surface area contributed by atoms with Gasteiger partial charge in [-0.25, -0.2) is 4.98 Å². The van der Waals surface area contributed by atoms with Gasteiger partial charge in [-0.15, -0.1) is 11.3 Å². The number of hydrogen-bond donors (Lipinski definition) is 2. The van der Waals surface area contributed by atoms with Crippen LogP contribution in [0.5, 0.6) is 5.75 Å². The Kier molecular flexibility index (Phi) is 4.52. The highest BCUT2D eigenvalue weighted by Gasteiger charge is 2.35. The molecule has 0 aliphatic heterocycles. The van der Waals surface area contributed by atoms with Crippen LogP contribution in [-0.4, -0.2) is 16.3 Å². The zero-order valence-electron chi connectivity index (χ0n) is 10.6. The third-order valence-corrected chi connectivity index (χ3v) is 3.72. The van der Waals surface area contributed by atoms with Crippen LogP contribution in [0.4, 0.5) is 18.3 Å². The minimum atomic E-state index is -4.64. The number of hydrazone groups is 1. The van der Waals surface area contributed by atoms with Crippen LogP contribution in [0.3, 0.4) is 0 Å². The molecule has 0 saturated carbocycles. The fourth-order valence-electron chi connectivity index (χ4n) is 1.50. The molecule has 0 aliphatic rings. The SMILES string of the molecule is Cc1csc(NN=Cc2cc(Br)cc(C(F)(F)F)c2O)n1. The molecule has 1 aromatic heterocycles. The van der Waals surface area contributed by atoms with Crippen molar-refractivity contribution in [1.29, 1.82) is 0 Å². The number of halogens is 4. The molecule has 0 fully saturated rings. The highest BCUT2D eigenvalue weighted by Crippen LogP contribution is 2.39. The Hall–Kier alpha value is -1.61. The minimum absolute atomic E-state index is 0.0579. The molecule has 21 heavy (non-hydrogen) atoms. The quantitative estimate of drug-likeness (QED) is 0.614. The molecule has 0 aliphatic carbocycles. The van der Waals surface area contributed by atoms with Crippen LogP contribution in [0.25, 0.3) is 0 Å². The summed E-state index contributed by atoms with van der Waals surface area (Å²) in [7, 11) is 0. The first-order valence-electron chi connectivity index (χ1n) is 5.58. The lowest BCUT2D eigenvalue weighted by Crippen LogP contribution is -2.06. The average molecular weight is 380 g/mol. The molecule has 0 radical (unpaired) electrons. The Balaban J connectivity index is 2.25. The molecule has 2 aromatic rings. The molecule has 4 nitrogen and oxygen atoms in total. The van der Waals surface area contributed by atoms with Gasteiger partial charge in [0.25, 0.3) is 0 Å². The maximum absolute atomic E-state index is 12.7. The van der Waals surface area contributed by atoms with Gasteiger partial charge in [0.2, 0.25) is 5.13 Å². The summed E-state index contributed by atoms with van der Waals surface area (Å²) in [6.45, 7) is 1.81. The van der Waals surface area contributed by atoms with Gasteiger partial charge < -0.3 is 5.11 Å². The number of phenols is 1. The number of aromatic nitrogens is 1. The van der Waals surface area contributed by atoms with Crippen molar-refractivity contribution in [2.24, 2.45) is 5.10 Å². The number of phenolic OH excluding ortho intramolecular Hbond substituents is 1. The normalized spacial score (nSPS) is 12.0. The average Bonchev–Trinajstić information content (AvgIpc) is 2.77. The maximum atomic E-state index is 12.7. The molecule has 9 heteroatoms. The minimum Gasteiger partial charge on any atom is -0.507 e. The van der Waals surface area contributed by atoms with Crippen molar-refractivity contribution in [2.75, 3.05) is 5.43 Å². The van der Waals surface area contributed by atoms with E-state index in [-0.39, 0.29) is 10.0 Å². The number of nitrogens with one attached hydrogen (secondary N) is 1. The summed E-state index contributed by atoms with van der Waals surface area (Å²) in [6.07, 6.45) is -3.54. The summed E-state index contributed by atoms with van der Waals surface area (Å²) < 4.78 is 38.4. The van der Waals surface area contributed by atoms with Crippen molar-refractivity contribution in [3.8, 4) is 5.75 Å². The molecule has 0 atom stereocenters. The Morgan fingerprint density at radius 3 is 2.71 bits per heavy atom. The highest BCUT2D eigenvalue weighted by atomic mass is 79.9. The van der Waals surface area contributed by atoms with Gasteiger partial charge in [-0.1, -0.05) is 15.9 Å². The van der Waals surface area contributed by atoms with E-state index in [2.05, 4.69) is 31.4 Å². The molecule has 112 valence electrons. The van der Waals surface area contributed by atoms with Gasteiger partial charge in [0.05, 0.1) is 17.5 Å². The lowest BCUT2D eigenvalue weighted by Gasteiger charge is -2.11. The number of anilines is 1. The van der Waals surface area contributed by atoms with Crippen LogP contribution < -0.4 is 5.43 Å². The first kappa shape index (κ1) is 15.8. The van der Waals surface area contributed by atoms with E-state index in [4.69, 9.17) is 0 Å². The number of alkyl halides is 3. The standard InChI is InChI=1S/C12H9BrF3N3OS/c1-6-5-21-11(18-6)19-17-4-7-2-8(13)3-9(10(7)20)12(14,15)16/h2-5,20H,1H3,(H,18,19). The van der Waals surface area contributed by atoms with Crippen LogP contribution >= 0.6 is 27.3 Å². The van der Waals surface area contributed by atoms with Crippen LogP contribution in [0, 0.1) is 6.92 Å². The molecule has 2 N–H and O–H groups in total. The van der Waals surface area contributed by atoms with E-state index in [0.717, 1.165) is 18.0 Å². The van der Waals surface area contributed by atoms with Crippen molar-refractivity contribution in [3.63, 3.8) is 0 Å². The summed E-state index contributed by atoms with van der Waals surface area (Å²) in [5.41, 5.74) is 2.22. The maximum Gasteiger partial charge on any atom is 0.420 e. The van der Waals surface area contributed by atoms with E-state index in [1.54, 1.807) is 12.3 Å². The van der Waals surface area contributed by atoms with Gasteiger partial charge in [-0.2, -0.15) is 18.3 Å². The molecule has 0 amide bonds. The highest BCUT2D eigenvalue weighted by molar-refractivity contribution is 9.10. The number of benzene rings is 1. The topological polar surface area (TPSA) is 57.5 Å². The second-order valence-electron chi connectivity index (χ2n) is 4.05. The Labute approximate surface area is 130 Å². The number of hydrogen-bond acceptors (Lipinski definition) is 5. The van der Waals surface area contributed by atoms with E-state index in [0.29, 0.717) is 5.13 Å². The molecule has 1 heterocycles. The van der Waals surface area contributed by atoms with Crippen LogP contribution in [0.1, 0.15) is 16.8 Å². The third-order valence-electron chi connectivity index (χ3n) is 2.39. The molecule has 0 saturated heterocycles. The van der Waals surface area contributed by atoms with Crippen LogP contribution in [0.15, 0.2) is 27.1 Å². The fraction of sp³-hybridized carbons (Fsp3) is 0.167. The summed E-state index contributed by atoms with van der Waals surface area (Å²) in [6, 6.07) is 2.15. The number of aromatic hydroxyl groups is 1. The molecule has 0 bridgehead atoms. The zero-order chi connectivity index (χ0) is 15.6. The first-order valence-corrected chi connectivity index (χ1v) is 7.25. The van der Waals surface area contributed by atoms with Crippen molar-refractivity contribution < 1.29 is 18.3 Å². The smallest absolute Gasteiger partial charge is 0.420 e. The van der Waals surface area contributed by atoms with Crippen molar-refractivity contribution in [1.82, 2.24) is 4.98 Å². The molecule has 2 rings (SSSR count). The number of aryl methyl sites for hydroxylation is 1. The number of thiazole rings is 1. The molecule has 0 unspecified atom stereocenters. The molecular weight excluding hydrogens is 371 g/mol. The predicted molar refractivity (Wildman–Crippen MR) is 78.9 cm³/mol. The Morgan fingerprint density at radius 1 is 1.43 bits per heavy atom.